The number of amides is 3. The van der Waals surface area contributed by atoms with Crippen molar-refractivity contribution in [3.8, 4) is 0 Å². The predicted molar refractivity (Wildman–Crippen MR) is 112 cm³/mol. The molecule has 1 aromatic carbocycles. The number of carbonyl (C=O) groups is 3. The molecule has 1 saturated heterocycles. The molecule has 2 fully saturated rings. The highest BCUT2D eigenvalue weighted by molar-refractivity contribution is 5.93. The summed E-state index contributed by atoms with van der Waals surface area (Å²) in [6.07, 6.45) is 5.42. The van der Waals surface area contributed by atoms with E-state index in [2.05, 4.69) is 10.6 Å². The molecular formula is C23H33N3O3. The maximum Gasteiger partial charge on any atom is 0.246 e. The maximum absolute atomic E-state index is 13.3. The second-order valence-corrected chi connectivity index (χ2v) is 8.60. The van der Waals surface area contributed by atoms with Gasteiger partial charge >= 0.3 is 0 Å². The molecule has 6 heteroatoms. The minimum absolute atomic E-state index is 0.0150. The third-order valence-corrected chi connectivity index (χ3v) is 6.10. The number of hydrogen-bond donors (Lipinski definition) is 2. The zero-order valence-corrected chi connectivity index (χ0v) is 17.5. The number of likely N-dealkylation sites (tertiary alicyclic amines) is 1. The highest BCUT2D eigenvalue weighted by Crippen LogP contribution is 2.26. The van der Waals surface area contributed by atoms with Crippen LogP contribution in [0.2, 0.25) is 0 Å². The number of hydrogen-bond acceptors (Lipinski definition) is 3. The standard InChI is InChI=1S/C23H33N3O3/c1-16(2)20(25-21(27)18-11-6-7-12-18)23(29)26-14-8-13-19(26)22(28)24-15-17-9-4-3-5-10-17/h3-5,9-10,16,18-20H,6-8,11-15H2,1-2H3,(H,24,28)(H,25,27)/t19-,20-/m0/s1. The van der Waals surface area contributed by atoms with Crippen LogP contribution in [0.5, 0.6) is 0 Å². The highest BCUT2D eigenvalue weighted by atomic mass is 16.2. The van der Waals surface area contributed by atoms with Crippen LogP contribution in [0.15, 0.2) is 30.3 Å². The summed E-state index contributed by atoms with van der Waals surface area (Å²) in [7, 11) is 0. The van der Waals surface area contributed by atoms with Gasteiger partial charge in [-0.1, -0.05) is 57.0 Å². The Labute approximate surface area is 173 Å². The Morgan fingerprint density at radius 2 is 1.69 bits per heavy atom. The average Bonchev–Trinajstić information content (AvgIpc) is 3.42. The van der Waals surface area contributed by atoms with Crippen molar-refractivity contribution in [2.45, 2.75) is 71.0 Å². The molecule has 0 unspecified atom stereocenters. The van der Waals surface area contributed by atoms with Gasteiger partial charge in [-0.2, -0.15) is 0 Å². The summed E-state index contributed by atoms with van der Waals surface area (Å²) < 4.78 is 0. The van der Waals surface area contributed by atoms with Crippen LogP contribution in [0, 0.1) is 11.8 Å². The molecule has 6 nitrogen and oxygen atoms in total. The van der Waals surface area contributed by atoms with Gasteiger partial charge in [-0.3, -0.25) is 14.4 Å². The summed E-state index contributed by atoms with van der Waals surface area (Å²) in [4.78, 5) is 40.3. The lowest BCUT2D eigenvalue weighted by molar-refractivity contribution is -0.143. The van der Waals surface area contributed by atoms with E-state index < -0.39 is 12.1 Å². The third kappa shape index (κ3) is 5.37. The van der Waals surface area contributed by atoms with Crippen molar-refractivity contribution in [3.05, 3.63) is 35.9 Å². The van der Waals surface area contributed by atoms with Crippen LogP contribution in [0.3, 0.4) is 0 Å². The Balaban J connectivity index is 1.61. The summed E-state index contributed by atoms with van der Waals surface area (Å²) in [5, 5.41) is 5.95. The van der Waals surface area contributed by atoms with Gasteiger partial charge in [0.1, 0.15) is 12.1 Å². The van der Waals surface area contributed by atoms with Gasteiger partial charge in [0, 0.05) is 19.0 Å². The fourth-order valence-corrected chi connectivity index (χ4v) is 4.36. The molecule has 0 spiro atoms. The fourth-order valence-electron chi connectivity index (χ4n) is 4.36. The highest BCUT2D eigenvalue weighted by Gasteiger charge is 2.39. The first-order valence-corrected chi connectivity index (χ1v) is 10.9. The van der Waals surface area contributed by atoms with Gasteiger partial charge in [0.2, 0.25) is 17.7 Å². The lowest BCUT2D eigenvalue weighted by atomic mass is 10.00. The van der Waals surface area contributed by atoms with E-state index in [-0.39, 0.29) is 29.6 Å². The minimum atomic E-state index is -0.578. The predicted octanol–water partition coefficient (Wildman–Crippen LogP) is 2.62. The maximum atomic E-state index is 13.3. The molecular weight excluding hydrogens is 366 g/mol. The normalized spacial score (nSPS) is 20.7. The quantitative estimate of drug-likeness (QED) is 0.740. The Kier molecular flexibility index (Phi) is 7.29. The van der Waals surface area contributed by atoms with Crippen LogP contribution in [0.4, 0.5) is 0 Å². The minimum Gasteiger partial charge on any atom is -0.350 e. The van der Waals surface area contributed by atoms with Crippen molar-refractivity contribution >= 4 is 17.7 Å². The fraction of sp³-hybridized carbons (Fsp3) is 0.609. The van der Waals surface area contributed by atoms with E-state index >= 15 is 0 Å². The van der Waals surface area contributed by atoms with Crippen LogP contribution in [-0.4, -0.2) is 41.2 Å². The molecule has 1 aliphatic heterocycles. The molecule has 1 aliphatic carbocycles. The summed E-state index contributed by atoms with van der Waals surface area (Å²) >= 11 is 0. The lowest BCUT2D eigenvalue weighted by Crippen LogP contribution is -2.55. The van der Waals surface area contributed by atoms with E-state index in [1.165, 1.54) is 0 Å². The Hall–Kier alpha value is -2.37. The molecule has 158 valence electrons. The molecule has 1 saturated carbocycles. The number of benzene rings is 1. The van der Waals surface area contributed by atoms with Gasteiger partial charge in [-0.15, -0.1) is 0 Å². The van der Waals surface area contributed by atoms with Crippen LogP contribution in [-0.2, 0) is 20.9 Å². The molecule has 3 rings (SSSR count). The summed E-state index contributed by atoms with van der Waals surface area (Å²) in [6, 6.07) is 8.70. The Morgan fingerprint density at radius 3 is 2.34 bits per heavy atom. The molecule has 1 heterocycles. The zero-order chi connectivity index (χ0) is 20.8. The van der Waals surface area contributed by atoms with Crippen molar-refractivity contribution in [2.75, 3.05) is 6.54 Å². The summed E-state index contributed by atoms with van der Waals surface area (Å²) in [5.74, 6) is -0.277. The number of nitrogens with zero attached hydrogens (tertiary/aromatic N) is 1. The summed E-state index contributed by atoms with van der Waals surface area (Å²) in [6.45, 7) is 4.89. The second kappa shape index (κ2) is 9.90. The second-order valence-electron chi connectivity index (χ2n) is 8.60. The molecule has 0 bridgehead atoms. The van der Waals surface area contributed by atoms with E-state index in [0.717, 1.165) is 37.7 Å². The largest absolute Gasteiger partial charge is 0.350 e. The van der Waals surface area contributed by atoms with Crippen LogP contribution in [0.1, 0.15) is 57.9 Å². The molecule has 2 atom stereocenters. The van der Waals surface area contributed by atoms with E-state index in [0.29, 0.717) is 19.5 Å². The lowest BCUT2D eigenvalue weighted by Gasteiger charge is -2.31. The van der Waals surface area contributed by atoms with Gasteiger partial charge in [0.15, 0.2) is 0 Å². The molecule has 0 aromatic heterocycles. The van der Waals surface area contributed by atoms with Crippen molar-refractivity contribution in [2.24, 2.45) is 11.8 Å². The molecule has 1 aromatic rings. The monoisotopic (exact) mass is 399 g/mol. The Bertz CT molecular complexity index is 713. The first-order valence-electron chi connectivity index (χ1n) is 10.9. The number of nitrogens with one attached hydrogen (secondary N) is 2. The first kappa shape index (κ1) is 21.3. The van der Waals surface area contributed by atoms with Crippen molar-refractivity contribution in [1.82, 2.24) is 15.5 Å². The smallest absolute Gasteiger partial charge is 0.246 e. The molecule has 2 N–H and O–H groups in total. The van der Waals surface area contributed by atoms with E-state index in [1.54, 1.807) is 4.90 Å². The van der Waals surface area contributed by atoms with Crippen LogP contribution >= 0.6 is 0 Å². The molecule has 3 amide bonds. The van der Waals surface area contributed by atoms with Crippen molar-refractivity contribution < 1.29 is 14.4 Å². The zero-order valence-electron chi connectivity index (χ0n) is 17.5. The van der Waals surface area contributed by atoms with E-state index in [1.807, 2.05) is 44.2 Å². The topological polar surface area (TPSA) is 78.5 Å². The SMILES string of the molecule is CC(C)[C@H](NC(=O)C1CCCC1)C(=O)N1CCC[C@H]1C(=O)NCc1ccccc1. The molecule has 2 aliphatic rings. The molecule has 29 heavy (non-hydrogen) atoms. The average molecular weight is 400 g/mol. The van der Waals surface area contributed by atoms with Crippen LogP contribution < -0.4 is 10.6 Å². The van der Waals surface area contributed by atoms with Crippen molar-refractivity contribution in [1.29, 1.82) is 0 Å². The van der Waals surface area contributed by atoms with Gasteiger partial charge in [-0.25, -0.2) is 0 Å². The van der Waals surface area contributed by atoms with Gasteiger partial charge < -0.3 is 15.5 Å². The van der Waals surface area contributed by atoms with Gasteiger partial charge in [0.05, 0.1) is 0 Å². The summed E-state index contributed by atoms with van der Waals surface area (Å²) in [5.41, 5.74) is 1.03. The van der Waals surface area contributed by atoms with E-state index in [4.69, 9.17) is 0 Å². The van der Waals surface area contributed by atoms with Gasteiger partial charge in [0.25, 0.3) is 0 Å². The number of carbonyl (C=O) groups excluding carboxylic acids is 3. The number of rotatable bonds is 7. The van der Waals surface area contributed by atoms with E-state index in [9.17, 15) is 14.4 Å². The Morgan fingerprint density at radius 1 is 1.00 bits per heavy atom. The van der Waals surface area contributed by atoms with Crippen molar-refractivity contribution in [3.63, 3.8) is 0 Å². The third-order valence-electron chi connectivity index (χ3n) is 6.10. The van der Waals surface area contributed by atoms with Gasteiger partial charge in [-0.05, 0) is 37.2 Å². The first-order chi connectivity index (χ1) is 14.0. The molecule has 0 radical (unpaired) electrons. The van der Waals surface area contributed by atoms with Crippen LogP contribution in [0.25, 0.3) is 0 Å².